The molecule has 2 aromatic rings. The summed E-state index contributed by atoms with van der Waals surface area (Å²) in [4.78, 5) is 14.5. The first-order chi connectivity index (χ1) is 10.1. The van der Waals surface area contributed by atoms with Crippen LogP contribution < -0.4 is 10.6 Å². The lowest BCUT2D eigenvalue weighted by Crippen LogP contribution is -2.55. The SMILES string of the molecule is CC1CN(CC(=O)Nc2cccc3nsnc23)C(C)CN1. The monoisotopic (exact) mass is 305 g/mol. The first-order valence-corrected chi connectivity index (χ1v) is 7.85. The van der Waals surface area contributed by atoms with Gasteiger partial charge in [-0.2, -0.15) is 8.75 Å². The van der Waals surface area contributed by atoms with Crippen LogP contribution in [0.3, 0.4) is 0 Å². The summed E-state index contributed by atoms with van der Waals surface area (Å²) in [5, 5.41) is 6.37. The maximum atomic E-state index is 12.3. The van der Waals surface area contributed by atoms with Gasteiger partial charge in [-0.25, -0.2) is 0 Å². The molecule has 0 aliphatic carbocycles. The van der Waals surface area contributed by atoms with Gasteiger partial charge in [-0.1, -0.05) is 6.07 Å². The quantitative estimate of drug-likeness (QED) is 0.895. The number of rotatable bonds is 3. The normalized spacial score (nSPS) is 23.3. The number of nitrogens with zero attached hydrogens (tertiary/aromatic N) is 3. The third-order valence-electron chi connectivity index (χ3n) is 3.80. The minimum atomic E-state index is -0.00329. The van der Waals surface area contributed by atoms with Gasteiger partial charge in [0.15, 0.2) is 0 Å². The van der Waals surface area contributed by atoms with Crippen LogP contribution in [0.2, 0.25) is 0 Å². The molecule has 1 saturated heterocycles. The van der Waals surface area contributed by atoms with Gasteiger partial charge in [-0.3, -0.25) is 9.69 Å². The fourth-order valence-corrected chi connectivity index (χ4v) is 3.15. The number of nitrogens with one attached hydrogen (secondary N) is 2. The van der Waals surface area contributed by atoms with Crippen molar-refractivity contribution in [3.63, 3.8) is 0 Å². The summed E-state index contributed by atoms with van der Waals surface area (Å²) in [6.07, 6.45) is 0. The molecule has 2 N–H and O–H groups in total. The molecule has 3 rings (SSSR count). The van der Waals surface area contributed by atoms with Gasteiger partial charge in [0.1, 0.15) is 11.0 Å². The molecular weight excluding hydrogens is 286 g/mol. The highest BCUT2D eigenvalue weighted by atomic mass is 32.1. The van der Waals surface area contributed by atoms with E-state index in [0.29, 0.717) is 18.6 Å². The van der Waals surface area contributed by atoms with Crippen LogP contribution in [-0.2, 0) is 4.79 Å². The van der Waals surface area contributed by atoms with Crippen molar-refractivity contribution in [3.05, 3.63) is 18.2 Å². The highest BCUT2D eigenvalue weighted by molar-refractivity contribution is 7.00. The molecule has 0 spiro atoms. The lowest BCUT2D eigenvalue weighted by molar-refractivity contribution is -0.118. The van der Waals surface area contributed by atoms with Gasteiger partial charge in [-0.15, -0.1) is 0 Å². The van der Waals surface area contributed by atoms with E-state index in [9.17, 15) is 4.79 Å². The number of amides is 1. The van der Waals surface area contributed by atoms with E-state index in [1.807, 2.05) is 18.2 Å². The number of carbonyl (C=O) groups is 1. The minimum Gasteiger partial charge on any atom is -0.323 e. The maximum Gasteiger partial charge on any atom is 0.238 e. The molecular formula is C14H19N5OS. The Morgan fingerprint density at radius 1 is 1.48 bits per heavy atom. The van der Waals surface area contributed by atoms with Crippen molar-refractivity contribution in [2.75, 3.05) is 25.0 Å². The molecule has 21 heavy (non-hydrogen) atoms. The smallest absolute Gasteiger partial charge is 0.238 e. The second-order valence-electron chi connectivity index (χ2n) is 5.57. The summed E-state index contributed by atoms with van der Waals surface area (Å²) in [7, 11) is 0. The summed E-state index contributed by atoms with van der Waals surface area (Å²) in [5.74, 6) is -0.00329. The van der Waals surface area contributed by atoms with Crippen molar-refractivity contribution in [1.82, 2.24) is 19.0 Å². The predicted molar refractivity (Wildman–Crippen MR) is 84.5 cm³/mol. The molecule has 7 heteroatoms. The van der Waals surface area contributed by atoms with E-state index in [4.69, 9.17) is 0 Å². The Balaban J connectivity index is 1.67. The van der Waals surface area contributed by atoms with Gasteiger partial charge in [0.25, 0.3) is 0 Å². The van der Waals surface area contributed by atoms with Gasteiger partial charge in [-0.05, 0) is 26.0 Å². The second-order valence-corrected chi connectivity index (χ2v) is 6.10. The van der Waals surface area contributed by atoms with E-state index in [1.54, 1.807) is 0 Å². The van der Waals surface area contributed by atoms with Crippen molar-refractivity contribution in [2.24, 2.45) is 0 Å². The first kappa shape index (κ1) is 14.4. The molecule has 2 unspecified atom stereocenters. The van der Waals surface area contributed by atoms with Crippen LogP contribution in [-0.4, -0.2) is 51.3 Å². The Morgan fingerprint density at radius 2 is 2.33 bits per heavy atom. The van der Waals surface area contributed by atoms with Crippen LogP contribution in [0.1, 0.15) is 13.8 Å². The number of carbonyl (C=O) groups excluding carboxylic acids is 1. The summed E-state index contributed by atoms with van der Waals surface area (Å²) < 4.78 is 8.42. The molecule has 1 aromatic carbocycles. The van der Waals surface area contributed by atoms with Crippen LogP contribution in [0.4, 0.5) is 5.69 Å². The maximum absolute atomic E-state index is 12.3. The van der Waals surface area contributed by atoms with E-state index in [0.717, 1.165) is 41.5 Å². The largest absolute Gasteiger partial charge is 0.323 e. The summed E-state index contributed by atoms with van der Waals surface area (Å²) in [6, 6.07) is 6.43. The average molecular weight is 305 g/mol. The lowest BCUT2D eigenvalue weighted by Gasteiger charge is -2.36. The van der Waals surface area contributed by atoms with Gasteiger partial charge in [0.2, 0.25) is 5.91 Å². The van der Waals surface area contributed by atoms with Crippen molar-refractivity contribution in [1.29, 1.82) is 0 Å². The third-order valence-corrected chi connectivity index (χ3v) is 4.34. The standard InChI is InChI=1S/C14H19N5OS/c1-9-7-19(10(2)6-15-9)8-13(20)16-11-4-3-5-12-14(11)18-21-17-12/h3-5,9-10,15H,6-8H2,1-2H3,(H,16,20). The Hall–Kier alpha value is -1.57. The fraction of sp³-hybridized carbons (Fsp3) is 0.500. The number of aromatic nitrogens is 2. The molecule has 1 fully saturated rings. The van der Waals surface area contributed by atoms with Gasteiger partial charge in [0.05, 0.1) is 24.0 Å². The van der Waals surface area contributed by atoms with Crippen molar-refractivity contribution in [3.8, 4) is 0 Å². The van der Waals surface area contributed by atoms with E-state index in [-0.39, 0.29) is 5.91 Å². The van der Waals surface area contributed by atoms with Gasteiger partial charge >= 0.3 is 0 Å². The van der Waals surface area contributed by atoms with E-state index < -0.39 is 0 Å². The third kappa shape index (κ3) is 3.20. The van der Waals surface area contributed by atoms with Crippen molar-refractivity contribution >= 4 is 34.4 Å². The molecule has 2 atom stereocenters. The zero-order valence-electron chi connectivity index (χ0n) is 12.2. The summed E-state index contributed by atoms with van der Waals surface area (Å²) in [5.41, 5.74) is 2.32. The van der Waals surface area contributed by atoms with Crippen LogP contribution >= 0.6 is 11.7 Å². The van der Waals surface area contributed by atoms with E-state index >= 15 is 0 Å². The van der Waals surface area contributed by atoms with Gasteiger partial charge in [0, 0.05) is 25.2 Å². The summed E-state index contributed by atoms with van der Waals surface area (Å²) in [6.45, 7) is 6.48. The lowest BCUT2D eigenvalue weighted by atomic mass is 10.1. The predicted octanol–water partition coefficient (Wildman–Crippen LogP) is 1.31. The van der Waals surface area contributed by atoms with Crippen molar-refractivity contribution in [2.45, 2.75) is 25.9 Å². The molecule has 0 saturated carbocycles. The molecule has 1 aromatic heterocycles. The molecule has 0 radical (unpaired) electrons. The van der Waals surface area contributed by atoms with Crippen LogP contribution in [0.15, 0.2) is 18.2 Å². The zero-order valence-corrected chi connectivity index (χ0v) is 13.0. The van der Waals surface area contributed by atoms with Crippen LogP contribution in [0, 0.1) is 0 Å². The zero-order chi connectivity index (χ0) is 14.8. The molecule has 0 bridgehead atoms. The van der Waals surface area contributed by atoms with Crippen molar-refractivity contribution < 1.29 is 4.79 Å². The Kier molecular flexibility index (Phi) is 4.14. The number of hydrogen-bond donors (Lipinski definition) is 2. The number of anilines is 1. The Morgan fingerprint density at radius 3 is 3.19 bits per heavy atom. The van der Waals surface area contributed by atoms with Crippen LogP contribution in [0.5, 0.6) is 0 Å². The highest BCUT2D eigenvalue weighted by Crippen LogP contribution is 2.21. The Labute approximate surface area is 127 Å². The topological polar surface area (TPSA) is 70.2 Å². The Bertz CT molecular complexity index is 643. The molecule has 1 aliphatic rings. The molecule has 6 nitrogen and oxygen atoms in total. The highest BCUT2D eigenvalue weighted by Gasteiger charge is 2.24. The number of piperazine rings is 1. The van der Waals surface area contributed by atoms with Crippen LogP contribution in [0.25, 0.3) is 11.0 Å². The number of fused-ring (bicyclic) bond motifs is 1. The summed E-state index contributed by atoms with van der Waals surface area (Å²) >= 11 is 1.16. The molecule has 112 valence electrons. The molecule has 1 aliphatic heterocycles. The first-order valence-electron chi connectivity index (χ1n) is 7.12. The minimum absolute atomic E-state index is 0.00329. The molecule has 2 heterocycles. The molecule has 1 amide bonds. The fourth-order valence-electron chi connectivity index (χ4n) is 2.60. The second kappa shape index (κ2) is 6.05. The number of hydrogen-bond acceptors (Lipinski definition) is 6. The van der Waals surface area contributed by atoms with E-state index in [1.165, 1.54) is 0 Å². The van der Waals surface area contributed by atoms with Gasteiger partial charge < -0.3 is 10.6 Å². The average Bonchev–Trinajstić information content (AvgIpc) is 2.92. The van der Waals surface area contributed by atoms with E-state index in [2.05, 4.69) is 38.1 Å². The number of benzene rings is 1.